The number of hydrogen-bond acceptors (Lipinski definition) is 8. The van der Waals surface area contributed by atoms with E-state index in [-0.39, 0.29) is 18.3 Å². The first-order chi connectivity index (χ1) is 13.6. The molecule has 0 saturated heterocycles. The quantitative estimate of drug-likeness (QED) is 0.423. The van der Waals surface area contributed by atoms with Crippen LogP contribution in [0.25, 0.3) is 32.0 Å². The van der Waals surface area contributed by atoms with Gasteiger partial charge in [-0.25, -0.2) is 9.97 Å². The van der Waals surface area contributed by atoms with Gasteiger partial charge in [0, 0.05) is 38.4 Å². The molecule has 0 radical (unpaired) electrons. The SMILES string of the molecule is CC1=CC(=O)N(Nc2nc(-c3ccsc3)nc3scc(-c4cccs4)c23)C1=O.Cl. The van der Waals surface area contributed by atoms with E-state index in [0.29, 0.717) is 17.2 Å². The summed E-state index contributed by atoms with van der Waals surface area (Å²) in [6, 6.07) is 5.96. The molecule has 6 nitrogen and oxygen atoms in total. The van der Waals surface area contributed by atoms with E-state index in [2.05, 4.69) is 10.4 Å². The predicted octanol–water partition coefficient (Wildman–Crippen LogP) is 5.21. The van der Waals surface area contributed by atoms with Crippen LogP contribution < -0.4 is 5.43 Å². The molecule has 10 heteroatoms. The Morgan fingerprint density at radius 1 is 1.07 bits per heavy atom. The number of carbonyl (C=O) groups excluding carboxylic acids is 2. The normalized spacial score (nSPS) is 13.7. The third-order valence-electron chi connectivity index (χ3n) is 4.32. The van der Waals surface area contributed by atoms with Crippen LogP contribution in [-0.4, -0.2) is 26.8 Å². The Morgan fingerprint density at radius 2 is 1.93 bits per heavy atom. The minimum Gasteiger partial charge on any atom is -0.271 e. The number of imide groups is 1. The number of anilines is 1. The maximum atomic E-state index is 12.4. The van der Waals surface area contributed by atoms with Crippen molar-refractivity contribution in [2.75, 3.05) is 5.43 Å². The van der Waals surface area contributed by atoms with Gasteiger partial charge in [0.25, 0.3) is 11.8 Å². The van der Waals surface area contributed by atoms with E-state index < -0.39 is 5.91 Å². The third-order valence-corrected chi connectivity index (χ3v) is 6.78. The number of hydrogen-bond donors (Lipinski definition) is 1. The zero-order chi connectivity index (χ0) is 19.3. The molecule has 0 saturated carbocycles. The van der Waals surface area contributed by atoms with Gasteiger partial charge in [0.05, 0.1) is 5.39 Å². The Bertz CT molecular complexity index is 1250. The first kappa shape index (κ1) is 19.7. The topological polar surface area (TPSA) is 75.2 Å². The van der Waals surface area contributed by atoms with Crippen molar-refractivity contribution in [2.24, 2.45) is 0 Å². The monoisotopic (exact) mass is 460 g/mol. The highest BCUT2D eigenvalue weighted by molar-refractivity contribution is 7.18. The van der Waals surface area contributed by atoms with Crippen LogP contribution in [0.4, 0.5) is 5.82 Å². The van der Waals surface area contributed by atoms with E-state index in [4.69, 9.17) is 4.98 Å². The molecule has 29 heavy (non-hydrogen) atoms. The maximum absolute atomic E-state index is 12.4. The molecule has 0 fully saturated rings. The predicted molar refractivity (Wildman–Crippen MR) is 121 cm³/mol. The van der Waals surface area contributed by atoms with Crippen molar-refractivity contribution in [3.63, 3.8) is 0 Å². The lowest BCUT2D eigenvalue weighted by atomic mass is 10.2. The van der Waals surface area contributed by atoms with Crippen LogP contribution in [0.1, 0.15) is 6.92 Å². The molecule has 146 valence electrons. The van der Waals surface area contributed by atoms with Gasteiger partial charge in [0.15, 0.2) is 11.6 Å². The lowest BCUT2D eigenvalue weighted by Crippen LogP contribution is -2.36. The minimum atomic E-state index is -0.403. The smallest absolute Gasteiger partial charge is 0.271 e. The summed E-state index contributed by atoms with van der Waals surface area (Å²) < 4.78 is 0. The number of nitrogens with zero attached hydrogens (tertiary/aromatic N) is 3. The van der Waals surface area contributed by atoms with Crippen LogP contribution in [0.3, 0.4) is 0 Å². The molecule has 1 N–H and O–H groups in total. The Kier molecular flexibility index (Phi) is 5.22. The summed E-state index contributed by atoms with van der Waals surface area (Å²) in [6.07, 6.45) is 1.32. The van der Waals surface area contributed by atoms with E-state index in [0.717, 1.165) is 31.2 Å². The van der Waals surface area contributed by atoms with Crippen LogP contribution in [0.2, 0.25) is 0 Å². The fourth-order valence-corrected chi connectivity index (χ4v) is 5.35. The highest BCUT2D eigenvalue weighted by Crippen LogP contribution is 2.40. The zero-order valence-electron chi connectivity index (χ0n) is 14.9. The van der Waals surface area contributed by atoms with E-state index in [1.165, 1.54) is 17.4 Å². The van der Waals surface area contributed by atoms with Crippen LogP contribution in [0.5, 0.6) is 0 Å². The summed E-state index contributed by atoms with van der Waals surface area (Å²) in [5.41, 5.74) is 5.23. The Morgan fingerprint density at radius 3 is 2.59 bits per heavy atom. The number of carbonyl (C=O) groups is 2. The number of aromatic nitrogens is 2. The van der Waals surface area contributed by atoms with Crippen LogP contribution in [-0.2, 0) is 9.59 Å². The maximum Gasteiger partial charge on any atom is 0.275 e. The first-order valence-corrected chi connectivity index (χ1v) is 11.0. The largest absolute Gasteiger partial charge is 0.275 e. The number of fused-ring (bicyclic) bond motifs is 1. The molecule has 5 rings (SSSR count). The molecule has 0 bridgehead atoms. The van der Waals surface area contributed by atoms with Crippen molar-refractivity contribution >= 4 is 74.3 Å². The van der Waals surface area contributed by atoms with Crippen molar-refractivity contribution in [3.8, 4) is 21.8 Å². The molecular weight excluding hydrogens is 448 g/mol. The van der Waals surface area contributed by atoms with E-state index in [9.17, 15) is 9.59 Å². The average molecular weight is 461 g/mol. The highest BCUT2D eigenvalue weighted by atomic mass is 35.5. The van der Waals surface area contributed by atoms with E-state index >= 15 is 0 Å². The number of thiophene rings is 3. The van der Waals surface area contributed by atoms with Gasteiger partial charge in [-0.3, -0.25) is 15.0 Å². The van der Waals surface area contributed by atoms with Gasteiger partial charge in [-0.2, -0.15) is 16.3 Å². The standard InChI is InChI=1S/C19H12N4O2S3.ClH/c1-10-7-14(24)23(19(10)25)22-17-15-12(13-3-2-5-27-13)9-28-18(15)21-16(20-17)11-4-6-26-8-11;/h2-9H,1H3,(H,20,21,22);1H. The molecular formula is C19H13ClN4O2S3. The number of hydrazine groups is 1. The van der Waals surface area contributed by atoms with Crippen molar-refractivity contribution in [2.45, 2.75) is 6.92 Å². The van der Waals surface area contributed by atoms with Crippen molar-refractivity contribution in [1.82, 2.24) is 15.0 Å². The van der Waals surface area contributed by atoms with E-state index in [1.54, 1.807) is 29.6 Å². The summed E-state index contributed by atoms with van der Waals surface area (Å²) in [7, 11) is 0. The second kappa shape index (κ2) is 7.68. The first-order valence-electron chi connectivity index (χ1n) is 8.31. The van der Waals surface area contributed by atoms with Crippen molar-refractivity contribution in [1.29, 1.82) is 0 Å². The average Bonchev–Trinajstić information content (AvgIpc) is 3.46. The summed E-state index contributed by atoms with van der Waals surface area (Å²) >= 11 is 4.69. The summed E-state index contributed by atoms with van der Waals surface area (Å²) in [5, 5.41) is 9.78. The van der Waals surface area contributed by atoms with Gasteiger partial charge < -0.3 is 0 Å². The van der Waals surface area contributed by atoms with Gasteiger partial charge in [0.1, 0.15) is 4.83 Å². The lowest BCUT2D eigenvalue weighted by Gasteiger charge is -2.17. The molecule has 0 unspecified atom stereocenters. The molecule has 0 spiro atoms. The van der Waals surface area contributed by atoms with Crippen molar-refractivity contribution < 1.29 is 9.59 Å². The molecule has 0 atom stereocenters. The molecule has 4 aromatic heterocycles. The molecule has 5 heterocycles. The number of halogens is 1. The third kappa shape index (κ3) is 3.36. The fourth-order valence-electron chi connectivity index (χ4n) is 2.96. The Balaban J connectivity index is 0.00000205. The van der Waals surface area contributed by atoms with Crippen molar-refractivity contribution in [3.05, 3.63) is 51.4 Å². The molecule has 0 aromatic carbocycles. The summed E-state index contributed by atoms with van der Waals surface area (Å²) in [5.74, 6) is 0.223. The lowest BCUT2D eigenvalue weighted by molar-refractivity contribution is -0.135. The number of nitrogens with one attached hydrogen (secondary N) is 1. The fraction of sp³-hybridized carbons (Fsp3) is 0.0526. The zero-order valence-corrected chi connectivity index (χ0v) is 18.2. The minimum absolute atomic E-state index is 0. The van der Waals surface area contributed by atoms with Gasteiger partial charge >= 0.3 is 0 Å². The highest BCUT2D eigenvalue weighted by Gasteiger charge is 2.30. The summed E-state index contributed by atoms with van der Waals surface area (Å²) in [4.78, 5) is 35.8. The van der Waals surface area contributed by atoms with Crippen LogP contribution >= 0.6 is 46.4 Å². The second-order valence-corrected chi connectivity index (χ2v) is 8.72. The van der Waals surface area contributed by atoms with Crippen LogP contribution in [0.15, 0.2) is 51.4 Å². The van der Waals surface area contributed by atoms with E-state index in [1.807, 2.05) is 39.7 Å². The molecule has 1 aliphatic heterocycles. The molecule has 4 aromatic rings. The second-order valence-electron chi connectivity index (χ2n) is 6.13. The molecule has 0 aliphatic carbocycles. The van der Waals surface area contributed by atoms with Gasteiger partial charge in [0.2, 0.25) is 0 Å². The molecule has 2 amide bonds. The number of rotatable bonds is 4. The molecule has 1 aliphatic rings. The van der Waals surface area contributed by atoms with Crippen LogP contribution in [0, 0.1) is 0 Å². The van der Waals surface area contributed by atoms with Gasteiger partial charge in [-0.05, 0) is 29.8 Å². The number of amides is 2. The van der Waals surface area contributed by atoms with Gasteiger partial charge in [-0.1, -0.05) is 6.07 Å². The Labute approximate surface area is 183 Å². The Hall–Kier alpha value is -2.59. The van der Waals surface area contributed by atoms with Gasteiger partial charge in [-0.15, -0.1) is 35.1 Å². The summed E-state index contributed by atoms with van der Waals surface area (Å²) in [6.45, 7) is 1.62.